The Morgan fingerprint density at radius 1 is 1.35 bits per heavy atom. The molecule has 0 saturated carbocycles. The minimum atomic E-state index is -0.472. The fourth-order valence-electron chi connectivity index (χ4n) is 1.60. The fraction of sp³-hybridized carbons (Fsp3) is 0.538. The standard InChI is InChI=1S/C13H20ClNOS/c1-15(9-10-17-2)8-7-13(16)11-5-3-4-6-12(11)14/h3-6,13,16H,7-10H2,1-2H3. The summed E-state index contributed by atoms with van der Waals surface area (Å²) in [7, 11) is 2.08. The minimum absolute atomic E-state index is 0.472. The summed E-state index contributed by atoms with van der Waals surface area (Å²) in [6.07, 6.45) is 2.35. The van der Waals surface area contributed by atoms with Crippen LogP contribution in [0.5, 0.6) is 0 Å². The number of aliphatic hydroxyl groups excluding tert-OH is 1. The first-order valence-corrected chi connectivity index (χ1v) is 7.52. The van der Waals surface area contributed by atoms with Gasteiger partial charge in [0.15, 0.2) is 0 Å². The molecule has 0 bridgehead atoms. The van der Waals surface area contributed by atoms with Crippen molar-refractivity contribution in [3.8, 4) is 0 Å². The Labute approximate surface area is 113 Å². The normalized spacial score (nSPS) is 13.0. The first-order valence-electron chi connectivity index (χ1n) is 5.75. The molecule has 0 fully saturated rings. The van der Waals surface area contributed by atoms with Crippen molar-refractivity contribution < 1.29 is 5.11 Å². The average Bonchev–Trinajstić information content (AvgIpc) is 2.34. The van der Waals surface area contributed by atoms with Gasteiger partial charge in [-0.05, 0) is 31.4 Å². The van der Waals surface area contributed by atoms with Crippen LogP contribution in [0.2, 0.25) is 5.02 Å². The van der Waals surface area contributed by atoms with Crippen molar-refractivity contribution >= 4 is 23.4 Å². The molecule has 1 unspecified atom stereocenters. The van der Waals surface area contributed by atoms with Gasteiger partial charge in [0.25, 0.3) is 0 Å². The number of nitrogens with zero attached hydrogens (tertiary/aromatic N) is 1. The van der Waals surface area contributed by atoms with Gasteiger partial charge < -0.3 is 10.0 Å². The van der Waals surface area contributed by atoms with E-state index in [0.717, 1.165) is 24.4 Å². The summed E-state index contributed by atoms with van der Waals surface area (Å²) in [6.45, 7) is 1.93. The van der Waals surface area contributed by atoms with Crippen LogP contribution in [-0.2, 0) is 0 Å². The van der Waals surface area contributed by atoms with E-state index in [1.807, 2.05) is 36.0 Å². The highest BCUT2D eigenvalue weighted by molar-refractivity contribution is 7.98. The number of hydrogen-bond acceptors (Lipinski definition) is 3. The second-order valence-electron chi connectivity index (χ2n) is 4.12. The minimum Gasteiger partial charge on any atom is -0.388 e. The zero-order chi connectivity index (χ0) is 12.7. The summed E-state index contributed by atoms with van der Waals surface area (Å²) < 4.78 is 0. The van der Waals surface area contributed by atoms with E-state index in [9.17, 15) is 5.11 Å². The van der Waals surface area contributed by atoms with Gasteiger partial charge in [0, 0.05) is 23.9 Å². The molecule has 0 aliphatic heterocycles. The third kappa shape index (κ3) is 5.30. The van der Waals surface area contributed by atoms with Crippen LogP contribution in [0.3, 0.4) is 0 Å². The molecule has 0 aromatic heterocycles. The molecule has 0 heterocycles. The van der Waals surface area contributed by atoms with Gasteiger partial charge in [0.2, 0.25) is 0 Å². The first kappa shape index (κ1) is 14.8. The molecule has 1 N–H and O–H groups in total. The molecule has 17 heavy (non-hydrogen) atoms. The molecule has 96 valence electrons. The van der Waals surface area contributed by atoms with Crippen molar-refractivity contribution in [1.29, 1.82) is 0 Å². The highest BCUT2D eigenvalue weighted by Gasteiger charge is 2.11. The molecule has 0 amide bonds. The lowest BCUT2D eigenvalue weighted by molar-refractivity contribution is 0.151. The van der Waals surface area contributed by atoms with Gasteiger partial charge in [0.1, 0.15) is 0 Å². The van der Waals surface area contributed by atoms with Crippen LogP contribution in [0, 0.1) is 0 Å². The Bertz CT molecular complexity index is 335. The molecule has 1 atom stereocenters. The third-order valence-corrected chi connectivity index (χ3v) is 3.66. The summed E-state index contributed by atoms with van der Waals surface area (Å²) in [4.78, 5) is 2.23. The van der Waals surface area contributed by atoms with Crippen LogP contribution in [0.15, 0.2) is 24.3 Å². The average molecular weight is 274 g/mol. The highest BCUT2D eigenvalue weighted by atomic mass is 35.5. The Kier molecular flexibility index (Phi) is 6.97. The van der Waals surface area contributed by atoms with E-state index >= 15 is 0 Å². The van der Waals surface area contributed by atoms with Crippen molar-refractivity contribution in [1.82, 2.24) is 4.90 Å². The summed E-state index contributed by atoms with van der Waals surface area (Å²) in [6, 6.07) is 7.48. The maximum absolute atomic E-state index is 10.1. The van der Waals surface area contributed by atoms with Crippen LogP contribution in [0.25, 0.3) is 0 Å². The molecule has 0 saturated heterocycles. The van der Waals surface area contributed by atoms with Crippen LogP contribution in [-0.4, -0.2) is 42.2 Å². The molecule has 1 aromatic carbocycles. The lowest BCUT2D eigenvalue weighted by Crippen LogP contribution is -2.23. The van der Waals surface area contributed by atoms with Gasteiger partial charge in [-0.2, -0.15) is 11.8 Å². The first-order chi connectivity index (χ1) is 8.15. The van der Waals surface area contributed by atoms with Crippen LogP contribution < -0.4 is 0 Å². The van der Waals surface area contributed by atoms with Crippen LogP contribution in [0.1, 0.15) is 18.1 Å². The Morgan fingerprint density at radius 3 is 2.71 bits per heavy atom. The van der Waals surface area contributed by atoms with Gasteiger partial charge in [-0.3, -0.25) is 0 Å². The van der Waals surface area contributed by atoms with Crippen molar-refractivity contribution in [3.05, 3.63) is 34.9 Å². The smallest absolute Gasteiger partial charge is 0.0816 e. The number of rotatable bonds is 7. The van der Waals surface area contributed by atoms with E-state index in [1.54, 1.807) is 0 Å². The molecular formula is C13H20ClNOS. The topological polar surface area (TPSA) is 23.5 Å². The summed E-state index contributed by atoms with van der Waals surface area (Å²) >= 11 is 7.88. The van der Waals surface area contributed by atoms with Gasteiger partial charge in [0.05, 0.1) is 6.10 Å². The van der Waals surface area contributed by atoms with E-state index in [-0.39, 0.29) is 0 Å². The van der Waals surface area contributed by atoms with Crippen molar-refractivity contribution in [2.45, 2.75) is 12.5 Å². The maximum atomic E-state index is 10.1. The van der Waals surface area contributed by atoms with Gasteiger partial charge in [-0.25, -0.2) is 0 Å². The number of halogens is 1. The molecule has 0 radical (unpaired) electrons. The Balaban J connectivity index is 2.39. The summed E-state index contributed by atoms with van der Waals surface area (Å²) in [5.74, 6) is 1.12. The number of benzene rings is 1. The highest BCUT2D eigenvalue weighted by Crippen LogP contribution is 2.24. The molecule has 2 nitrogen and oxygen atoms in total. The monoisotopic (exact) mass is 273 g/mol. The van der Waals surface area contributed by atoms with Crippen molar-refractivity contribution in [2.75, 3.05) is 32.1 Å². The second-order valence-corrected chi connectivity index (χ2v) is 5.51. The molecule has 0 aliphatic carbocycles. The number of aliphatic hydroxyl groups is 1. The van der Waals surface area contributed by atoms with E-state index in [1.165, 1.54) is 0 Å². The Morgan fingerprint density at radius 2 is 2.06 bits per heavy atom. The van der Waals surface area contributed by atoms with E-state index < -0.39 is 6.10 Å². The molecular weight excluding hydrogens is 254 g/mol. The second kappa shape index (κ2) is 7.98. The van der Waals surface area contributed by atoms with Gasteiger partial charge >= 0.3 is 0 Å². The zero-order valence-corrected chi connectivity index (χ0v) is 12.0. The van der Waals surface area contributed by atoms with E-state index in [2.05, 4.69) is 18.2 Å². The van der Waals surface area contributed by atoms with Crippen LogP contribution >= 0.6 is 23.4 Å². The SMILES string of the molecule is CSCCN(C)CCC(O)c1ccccc1Cl. The Hall–Kier alpha value is -0.220. The quantitative estimate of drug-likeness (QED) is 0.826. The van der Waals surface area contributed by atoms with Crippen molar-refractivity contribution in [3.63, 3.8) is 0 Å². The van der Waals surface area contributed by atoms with Gasteiger partial charge in [-0.1, -0.05) is 29.8 Å². The van der Waals surface area contributed by atoms with Crippen LogP contribution in [0.4, 0.5) is 0 Å². The lowest BCUT2D eigenvalue weighted by atomic mass is 10.1. The molecule has 1 rings (SSSR count). The van der Waals surface area contributed by atoms with E-state index in [0.29, 0.717) is 11.4 Å². The number of thioether (sulfide) groups is 1. The van der Waals surface area contributed by atoms with E-state index in [4.69, 9.17) is 11.6 Å². The lowest BCUT2D eigenvalue weighted by Gasteiger charge is -2.19. The molecule has 4 heteroatoms. The maximum Gasteiger partial charge on any atom is 0.0816 e. The predicted molar refractivity (Wildman–Crippen MR) is 76.9 cm³/mol. The molecule has 0 spiro atoms. The zero-order valence-electron chi connectivity index (χ0n) is 10.4. The van der Waals surface area contributed by atoms with Crippen molar-refractivity contribution in [2.24, 2.45) is 0 Å². The predicted octanol–water partition coefficient (Wildman–Crippen LogP) is 3.06. The third-order valence-electron chi connectivity index (χ3n) is 2.73. The largest absolute Gasteiger partial charge is 0.388 e. The summed E-state index contributed by atoms with van der Waals surface area (Å²) in [5, 5.41) is 10.7. The number of hydrogen-bond donors (Lipinski definition) is 1. The van der Waals surface area contributed by atoms with Gasteiger partial charge in [-0.15, -0.1) is 0 Å². The fourth-order valence-corrected chi connectivity index (χ4v) is 2.36. The summed E-state index contributed by atoms with van der Waals surface area (Å²) in [5.41, 5.74) is 0.826. The molecule has 0 aliphatic rings. The molecule has 1 aromatic rings.